The zero-order valence-electron chi connectivity index (χ0n) is 15.6. The molecule has 2 amide bonds. The molecule has 0 spiro atoms. The summed E-state index contributed by atoms with van der Waals surface area (Å²) in [6, 6.07) is 6.14. The zero-order chi connectivity index (χ0) is 18.2. The summed E-state index contributed by atoms with van der Waals surface area (Å²) in [4.78, 5) is 26.8. The van der Waals surface area contributed by atoms with Gasteiger partial charge in [0.25, 0.3) is 0 Å². The number of anilines is 1. The van der Waals surface area contributed by atoms with E-state index in [2.05, 4.69) is 11.4 Å². The highest BCUT2D eigenvalue weighted by Crippen LogP contribution is 2.22. The highest BCUT2D eigenvalue weighted by molar-refractivity contribution is 6.03. The Balaban J connectivity index is 1.90. The molecule has 2 rings (SSSR count). The average molecular weight is 346 g/mol. The number of carbonyl (C=O) groups excluding carboxylic acids is 2. The van der Waals surface area contributed by atoms with Crippen LogP contribution in [-0.2, 0) is 14.3 Å². The number of aryl methyl sites for hydroxylation is 2. The lowest BCUT2D eigenvalue weighted by Crippen LogP contribution is -2.44. The molecule has 1 fully saturated rings. The van der Waals surface area contributed by atoms with Gasteiger partial charge < -0.3 is 15.0 Å². The van der Waals surface area contributed by atoms with Gasteiger partial charge in [-0.25, -0.2) is 0 Å². The third kappa shape index (κ3) is 6.16. The van der Waals surface area contributed by atoms with Gasteiger partial charge in [-0.15, -0.1) is 0 Å². The van der Waals surface area contributed by atoms with Crippen LogP contribution in [0, 0.1) is 13.8 Å². The molecule has 0 radical (unpaired) electrons. The predicted octanol–water partition coefficient (Wildman–Crippen LogP) is 3.44. The number of nitrogens with zero attached hydrogens (tertiary/aromatic N) is 1. The van der Waals surface area contributed by atoms with Crippen LogP contribution in [0.25, 0.3) is 0 Å². The molecule has 1 heterocycles. The lowest BCUT2D eigenvalue weighted by molar-refractivity contribution is -0.137. The van der Waals surface area contributed by atoms with Crippen molar-refractivity contribution in [1.29, 1.82) is 0 Å². The number of rotatable bonds is 7. The predicted molar refractivity (Wildman–Crippen MR) is 99.6 cm³/mol. The Morgan fingerprint density at radius 3 is 2.60 bits per heavy atom. The number of carbonyl (C=O) groups is 2. The molecule has 1 aliphatic rings. The molecule has 0 saturated carbocycles. The molecule has 0 bridgehead atoms. The molecule has 1 N–H and O–H groups in total. The van der Waals surface area contributed by atoms with Crippen molar-refractivity contribution in [3.8, 4) is 0 Å². The smallest absolute Gasteiger partial charge is 0.233 e. The summed E-state index contributed by atoms with van der Waals surface area (Å²) in [6.07, 6.45) is 4.99. The second-order valence-electron chi connectivity index (χ2n) is 6.97. The molecule has 0 aromatic heterocycles. The fourth-order valence-electron chi connectivity index (χ4n) is 3.58. The van der Waals surface area contributed by atoms with E-state index in [9.17, 15) is 9.59 Å². The van der Waals surface area contributed by atoms with Crippen molar-refractivity contribution in [3.05, 3.63) is 29.3 Å². The first-order valence-corrected chi connectivity index (χ1v) is 9.16. The largest absolute Gasteiger partial charge is 0.385 e. The van der Waals surface area contributed by atoms with Crippen molar-refractivity contribution >= 4 is 17.5 Å². The van der Waals surface area contributed by atoms with Crippen LogP contribution >= 0.6 is 0 Å². The normalized spacial score (nSPS) is 17.4. The first kappa shape index (κ1) is 19.4. The number of amides is 2. The van der Waals surface area contributed by atoms with Crippen molar-refractivity contribution in [2.75, 3.05) is 25.6 Å². The van der Waals surface area contributed by atoms with Crippen LogP contribution in [-0.4, -0.2) is 43.0 Å². The molecule has 1 saturated heterocycles. The third-order valence-corrected chi connectivity index (χ3v) is 4.65. The quantitative estimate of drug-likeness (QED) is 0.608. The number of ether oxygens (including phenoxy) is 1. The van der Waals surface area contributed by atoms with E-state index < -0.39 is 0 Å². The van der Waals surface area contributed by atoms with Crippen LogP contribution in [0.2, 0.25) is 0 Å². The Bertz CT molecular complexity index is 580. The van der Waals surface area contributed by atoms with Gasteiger partial charge >= 0.3 is 0 Å². The molecule has 5 nitrogen and oxygen atoms in total. The van der Waals surface area contributed by atoms with Gasteiger partial charge in [0.05, 0.1) is 0 Å². The van der Waals surface area contributed by atoms with Crippen LogP contribution in [0.1, 0.15) is 49.7 Å². The van der Waals surface area contributed by atoms with Gasteiger partial charge in [-0.1, -0.05) is 6.07 Å². The number of methoxy groups -OCH3 is 1. The minimum atomic E-state index is -0.240. The summed E-state index contributed by atoms with van der Waals surface area (Å²) < 4.78 is 5.11. The van der Waals surface area contributed by atoms with Gasteiger partial charge in [-0.05, 0) is 69.2 Å². The minimum Gasteiger partial charge on any atom is -0.385 e. The number of piperidine rings is 1. The lowest BCUT2D eigenvalue weighted by atomic mass is 9.97. The zero-order valence-corrected chi connectivity index (χ0v) is 15.6. The Morgan fingerprint density at radius 2 is 1.92 bits per heavy atom. The minimum absolute atomic E-state index is 0.0657. The Morgan fingerprint density at radius 1 is 1.20 bits per heavy atom. The van der Waals surface area contributed by atoms with Gasteiger partial charge in [0, 0.05) is 32.0 Å². The van der Waals surface area contributed by atoms with Gasteiger partial charge in [0.15, 0.2) is 0 Å². The van der Waals surface area contributed by atoms with E-state index in [1.165, 1.54) is 0 Å². The molecule has 1 atom stereocenters. The Hall–Kier alpha value is -1.88. The lowest BCUT2D eigenvalue weighted by Gasteiger charge is -2.36. The SMILES string of the molecule is COCCC[C@@H]1CCCCN1C(=O)CC(=O)Nc1cc(C)cc(C)c1. The fourth-order valence-corrected chi connectivity index (χ4v) is 3.58. The molecular weight excluding hydrogens is 316 g/mol. The molecule has 0 unspecified atom stereocenters. The number of hydrogen-bond donors (Lipinski definition) is 1. The van der Waals surface area contributed by atoms with E-state index in [1.807, 2.05) is 30.9 Å². The maximum atomic E-state index is 12.6. The van der Waals surface area contributed by atoms with E-state index in [1.54, 1.807) is 7.11 Å². The molecule has 5 heteroatoms. The first-order chi connectivity index (χ1) is 12.0. The topological polar surface area (TPSA) is 58.6 Å². The second-order valence-corrected chi connectivity index (χ2v) is 6.97. The molecule has 138 valence electrons. The van der Waals surface area contributed by atoms with Crippen LogP contribution < -0.4 is 5.32 Å². The van der Waals surface area contributed by atoms with Crippen LogP contribution in [0.4, 0.5) is 5.69 Å². The first-order valence-electron chi connectivity index (χ1n) is 9.16. The van der Waals surface area contributed by atoms with E-state index in [0.29, 0.717) is 6.61 Å². The van der Waals surface area contributed by atoms with Crippen LogP contribution in [0.15, 0.2) is 18.2 Å². The summed E-state index contributed by atoms with van der Waals surface area (Å²) in [5.74, 6) is -0.305. The van der Waals surface area contributed by atoms with Gasteiger partial charge in [-0.3, -0.25) is 9.59 Å². The fraction of sp³-hybridized carbons (Fsp3) is 0.600. The Kier molecular flexibility index (Phi) is 7.44. The summed E-state index contributed by atoms with van der Waals surface area (Å²) in [7, 11) is 1.70. The molecule has 1 aliphatic heterocycles. The number of benzene rings is 1. The van der Waals surface area contributed by atoms with Crippen LogP contribution in [0.3, 0.4) is 0 Å². The summed E-state index contributed by atoms with van der Waals surface area (Å²) in [5.41, 5.74) is 2.94. The second kappa shape index (κ2) is 9.56. The van der Waals surface area contributed by atoms with Crippen molar-refractivity contribution in [1.82, 2.24) is 4.90 Å². The van der Waals surface area contributed by atoms with E-state index in [0.717, 1.165) is 55.5 Å². The van der Waals surface area contributed by atoms with Gasteiger partial charge in [-0.2, -0.15) is 0 Å². The third-order valence-electron chi connectivity index (χ3n) is 4.65. The van der Waals surface area contributed by atoms with Gasteiger partial charge in [0.2, 0.25) is 11.8 Å². The highest BCUT2D eigenvalue weighted by Gasteiger charge is 2.27. The van der Waals surface area contributed by atoms with E-state index >= 15 is 0 Å². The number of nitrogens with one attached hydrogen (secondary N) is 1. The van der Waals surface area contributed by atoms with E-state index in [-0.39, 0.29) is 24.3 Å². The number of hydrogen-bond acceptors (Lipinski definition) is 3. The Labute approximate surface area is 150 Å². The van der Waals surface area contributed by atoms with Gasteiger partial charge in [0.1, 0.15) is 6.42 Å². The molecule has 1 aromatic rings. The standard InChI is InChI=1S/C20H30N2O3/c1-15-11-16(2)13-17(12-15)21-19(23)14-20(24)22-9-5-4-7-18(22)8-6-10-25-3/h11-13,18H,4-10,14H2,1-3H3,(H,21,23)/t18-/m0/s1. The number of likely N-dealkylation sites (tertiary alicyclic amines) is 1. The van der Waals surface area contributed by atoms with E-state index in [4.69, 9.17) is 4.74 Å². The maximum absolute atomic E-state index is 12.6. The summed E-state index contributed by atoms with van der Waals surface area (Å²) >= 11 is 0. The monoisotopic (exact) mass is 346 g/mol. The molecular formula is C20H30N2O3. The summed E-state index contributed by atoms with van der Waals surface area (Å²) in [5, 5.41) is 2.85. The highest BCUT2D eigenvalue weighted by atomic mass is 16.5. The van der Waals surface area contributed by atoms with Crippen molar-refractivity contribution in [2.24, 2.45) is 0 Å². The van der Waals surface area contributed by atoms with Crippen LogP contribution in [0.5, 0.6) is 0 Å². The van der Waals surface area contributed by atoms with Crippen molar-refractivity contribution in [2.45, 2.75) is 58.4 Å². The molecule has 1 aromatic carbocycles. The van der Waals surface area contributed by atoms with Crippen molar-refractivity contribution in [3.63, 3.8) is 0 Å². The average Bonchev–Trinajstić information content (AvgIpc) is 2.54. The molecule has 0 aliphatic carbocycles. The maximum Gasteiger partial charge on any atom is 0.233 e. The van der Waals surface area contributed by atoms with Crippen molar-refractivity contribution < 1.29 is 14.3 Å². The summed E-state index contributed by atoms with van der Waals surface area (Å²) in [6.45, 7) is 5.46. The molecule has 25 heavy (non-hydrogen) atoms.